The van der Waals surface area contributed by atoms with Gasteiger partial charge < -0.3 is 14.2 Å². The van der Waals surface area contributed by atoms with E-state index in [1.54, 1.807) is 6.07 Å². The van der Waals surface area contributed by atoms with Crippen molar-refractivity contribution in [2.24, 2.45) is 0 Å². The molecule has 0 spiro atoms. The molecule has 1 fully saturated rings. The van der Waals surface area contributed by atoms with Gasteiger partial charge in [-0.15, -0.1) is 0 Å². The van der Waals surface area contributed by atoms with Crippen molar-refractivity contribution in [2.75, 3.05) is 19.8 Å². The largest absolute Gasteiger partial charge is 0.494 e. The topological polar surface area (TPSA) is 27.7 Å². The number of unbranched alkanes of at least 4 members (excludes halogenated alkanes) is 3. The van der Waals surface area contributed by atoms with Gasteiger partial charge in [0.15, 0.2) is 11.6 Å². The van der Waals surface area contributed by atoms with Gasteiger partial charge in [0.1, 0.15) is 11.6 Å². The smallest absolute Gasteiger partial charge is 0.167 e. The summed E-state index contributed by atoms with van der Waals surface area (Å²) in [7, 11) is 0. The van der Waals surface area contributed by atoms with Crippen molar-refractivity contribution in [3.8, 4) is 16.9 Å². The van der Waals surface area contributed by atoms with Gasteiger partial charge in [-0.1, -0.05) is 45.2 Å². The molecule has 0 amide bonds. The van der Waals surface area contributed by atoms with Crippen LogP contribution in [0, 0.1) is 17.5 Å². The molecule has 2 unspecified atom stereocenters. The summed E-state index contributed by atoms with van der Waals surface area (Å²) in [6.45, 7) is 5.63. The second kappa shape index (κ2) is 12.3. The molecule has 3 nitrogen and oxygen atoms in total. The molecule has 0 bridgehead atoms. The standard InChI is InChI=1S/C26H33F3O3/c1-3-5-6-7-15-31-19-9-13-24(32-17-19)22-12-11-21(25(28)26(22)29)20-10-8-18(16-23(20)27)30-14-4-2/h8,10-12,16,19,24H,3-7,9,13-15,17H2,1-2H3. The van der Waals surface area contributed by atoms with E-state index in [0.29, 0.717) is 32.0 Å². The van der Waals surface area contributed by atoms with Crippen LogP contribution in [0.1, 0.15) is 70.5 Å². The lowest BCUT2D eigenvalue weighted by atomic mass is 9.96. The molecule has 1 aliphatic heterocycles. The first-order valence-corrected chi connectivity index (χ1v) is 11.7. The van der Waals surface area contributed by atoms with Gasteiger partial charge in [0, 0.05) is 29.4 Å². The fourth-order valence-corrected chi connectivity index (χ4v) is 3.93. The first kappa shape index (κ1) is 24.6. The zero-order valence-electron chi connectivity index (χ0n) is 19.0. The molecule has 1 heterocycles. The minimum Gasteiger partial charge on any atom is -0.494 e. The second-order valence-electron chi connectivity index (χ2n) is 8.27. The lowest BCUT2D eigenvalue weighted by Gasteiger charge is -2.29. The van der Waals surface area contributed by atoms with E-state index in [1.165, 1.54) is 37.1 Å². The molecule has 3 rings (SSSR count). The van der Waals surface area contributed by atoms with E-state index in [0.717, 1.165) is 25.7 Å². The lowest BCUT2D eigenvalue weighted by Crippen LogP contribution is -2.28. The highest BCUT2D eigenvalue weighted by atomic mass is 19.2. The highest BCUT2D eigenvalue weighted by Gasteiger charge is 2.28. The van der Waals surface area contributed by atoms with Crippen LogP contribution in [0.4, 0.5) is 13.2 Å². The van der Waals surface area contributed by atoms with Gasteiger partial charge >= 0.3 is 0 Å². The van der Waals surface area contributed by atoms with E-state index in [9.17, 15) is 13.2 Å². The molecule has 2 aromatic rings. The minimum absolute atomic E-state index is 0.00195. The number of benzene rings is 2. The average molecular weight is 451 g/mol. The third kappa shape index (κ3) is 6.26. The van der Waals surface area contributed by atoms with E-state index >= 15 is 0 Å². The molecule has 6 heteroatoms. The molecule has 2 atom stereocenters. The summed E-state index contributed by atoms with van der Waals surface area (Å²) in [4.78, 5) is 0. The van der Waals surface area contributed by atoms with Crippen molar-refractivity contribution in [2.45, 2.75) is 71.0 Å². The third-order valence-electron chi connectivity index (χ3n) is 5.75. The van der Waals surface area contributed by atoms with Crippen LogP contribution in [-0.4, -0.2) is 25.9 Å². The molecule has 0 radical (unpaired) electrons. The predicted octanol–water partition coefficient (Wildman–Crippen LogP) is 7.38. The normalized spacial score (nSPS) is 18.7. The molecule has 176 valence electrons. The maximum atomic E-state index is 14.9. The van der Waals surface area contributed by atoms with E-state index < -0.39 is 23.6 Å². The van der Waals surface area contributed by atoms with Crippen molar-refractivity contribution in [1.82, 2.24) is 0 Å². The molecule has 0 N–H and O–H groups in total. The summed E-state index contributed by atoms with van der Waals surface area (Å²) in [5.41, 5.74) is 0.0451. The fraction of sp³-hybridized carbons (Fsp3) is 0.538. The maximum Gasteiger partial charge on any atom is 0.167 e. The summed E-state index contributed by atoms with van der Waals surface area (Å²) in [5, 5.41) is 0. The summed E-state index contributed by atoms with van der Waals surface area (Å²) >= 11 is 0. The Morgan fingerprint density at radius 1 is 0.875 bits per heavy atom. The molecule has 0 saturated carbocycles. The van der Waals surface area contributed by atoms with Crippen LogP contribution in [-0.2, 0) is 9.47 Å². The van der Waals surface area contributed by atoms with Crippen molar-refractivity contribution in [3.05, 3.63) is 53.3 Å². The maximum absolute atomic E-state index is 14.9. The monoisotopic (exact) mass is 450 g/mol. The van der Waals surface area contributed by atoms with E-state index in [-0.39, 0.29) is 22.8 Å². The number of ether oxygens (including phenoxy) is 3. The van der Waals surface area contributed by atoms with Crippen LogP contribution >= 0.6 is 0 Å². The average Bonchev–Trinajstić information content (AvgIpc) is 2.80. The summed E-state index contributed by atoms with van der Waals surface area (Å²) in [5.74, 6) is -2.35. The number of rotatable bonds is 11. The zero-order valence-corrected chi connectivity index (χ0v) is 19.0. The molecule has 2 aromatic carbocycles. The molecule has 0 aliphatic carbocycles. The first-order valence-electron chi connectivity index (χ1n) is 11.7. The zero-order chi connectivity index (χ0) is 22.9. The third-order valence-corrected chi connectivity index (χ3v) is 5.75. The highest BCUT2D eigenvalue weighted by Crippen LogP contribution is 2.36. The van der Waals surface area contributed by atoms with Crippen molar-refractivity contribution in [3.63, 3.8) is 0 Å². The van der Waals surface area contributed by atoms with Crippen LogP contribution in [0.5, 0.6) is 5.75 Å². The summed E-state index contributed by atoms with van der Waals surface area (Å²) in [6, 6.07) is 7.08. The van der Waals surface area contributed by atoms with Crippen LogP contribution in [0.15, 0.2) is 30.3 Å². The number of hydrogen-bond donors (Lipinski definition) is 0. The predicted molar refractivity (Wildman–Crippen MR) is 119 cm³/mol. The van der Waals surface area contributed by atoms with Gasteiger partial charge in [-0.05, 0) is 37.8 Å². The van der Waals surface area contributed by atoms with Gasteiger partial charge in [0.25, 0.3) is 0 Å². The minimum atomic E-state index is -1.07. The molecule has 1 saturated heterocycles. The van der Waals surface area contributed by atoms with E-state index in [2.05, 4.69) is 6.92 Å². The molecule has 32 heavy (non-hydrogen) atoms. The molecule has 1 aliphatic rings. The molecular formula is C26H33F3O3. The Bertz CT molecular complexity index is 864. The van der Waals surface area contributed by atoms with Crippen LogP contribution in [0.2, 0.25) is 0 Å². The van der Waals surface area contributed by atoms with Gasteiger partial charge in [0.2, 0.25) is 0 Å². The van der Waals surface area contributed by atoms with Crippen molar-refractivity contribution >= 4 is 0 Å². The van der Waals surface area contributed by atoms with Crippen LogP contribution in [0.3, 0.4) is 0 Å². The first-order chi connectivity index (χ1) is 15.5. The van der Waals surface area contributed by atoms with Crippen molar-refractivity contribution in [1.29, 1.82) is 0 Å². The molecule has 0 aromatic heterocycles. The Hall–Kier alpha value is -2.05. The number of hydrogen-bond acceptors (Lipinski definition) is 3. The summed E-state index contributed by atoms with van der Waals surface area (Å²) < 4.78 is 61.3. The van der Waals surface area contributed by atoms with Gasteiger partial charge in [-0.2, -0.15) is 0 Å². The van der Waals surface area contributed by atoms with E-state index in [1.807, 2.05) is 6.92 Å². The SMILES string of the molecule is CCCCCCOC1CCC(c2ccc(-c3ccc(OCCC)cc3F)c(F)c2F)OC1. The second-order valence-corrected chi connectivity index (χ2v) is 8.27. The fourth-order valence-electron chi connectivity index (χ4n) is 3.93. The van der Waals surface area contributed by atoms with Crippen molar-refractivity contribution < 1.29 is 27.4 Å². The highest BCUT2D eigenvalue weighted by molar-refractivity contribution is 5.66. The lowest BCUT2D eigenvalue weighted by molar-refractivity contribution is -0.0883. The van der Waals surface area contributed by atoms with Gasteiger partial charge in [-0.3, -0.25) is 0 Å². The Morgan fingerprint density at radius 2 is 1.69 bits per heavy atom. The van der Waals surface area contributed by atoms with Gasteiger partial charge in [-0.25, -0.2) is 13.2 Å². The quantitative estimate of drug-likeness (QED) is 0.334. The summed E-state index contributed by atoms with van der Waals surface area (Å²) in [6.07, 6.45) is 6.09. The Morgan fingerprint density at radius 3 is 2.38 bits per heavy atom. The van der Waals surface area contributed by atoms with Gasteiger partial charge in [0.05, 0.1) is 25.4 Å². The van der Waals surface area contributed by atoms with E-state index in [4.69, 9.17) is 14.2 Å². The van der Waals surface area contributed by atoms with Crippen LogP contribution in [0.25, 0.3) is 11.1 Å². The van der Waals surface area contributed by atoms with Crippen LogP contribution < -0.4 is 4.74 Å². The Balaban J connectivity index is 1.63. The Labute approximate surface area is 188 Å². The Kier molecular flexibility index (Phi) is 9.42. The molecular weight excluding hydrogens is 417 g/mol. The number of halogens is 3.